The molecule has 11 rings (SSSR count). The van der Waals surface area contributed by atoms with Gasteiger partial charge in [-0.05, 0) is 105 Å². The molecular weight excluding hydrogens is 685 g/mol. The van der Waals surface area contributed by atoms with E-state index in [9.17, 15) is 0 Å². The van der Waals surface area contributed by atoms with Crippen LogP contribution in [0.4, 0.5) is 0 Å². The topological polar surface area (TPSA) is 56.7 Å². The summed E-state index contributed by atoms with van der Waals surface area (Å²) >= 11 is 0. The van der Waals surface area contributed by atoms with Crippen molar-refractivity contribution in [3.8, 4) is 62.2 Å². The van der Waals surface area contributed by atoms with Crippen LogP contribution in [0.1, 0.15) is 0 Å². The molecule has 0 aliphatic carbocycles. The summed E-state index contributed by atoms with van der Waals surface area (Å²) in [5.41, 5.74) is 12.8. The third-order valence-corrected chi connectivity index (χ3v) is 10.6. The molecule has 0 atom stereocenters. The van der Waals surface area contributed by atoms with Gasteiger partial charge in [0.25, 0.3) is 0 Å². The molecule has 0 aliphatic heterocycles. The predicted octanol–water partition coefficient (Wildman–Crippen LogP) is 13.2. The van der Waals surface area contributed by atoms with Gasteiger partial charge in [-0.25, -0.2) is 15.0 Å². The fourth-order valence-electron chi connectivity index (χ4n) is 7.73. The number of hydrogen-bond acceptors (Lipinski definition) is 4. The van der Waals surface area contributed by atoms with Crippen molar-refractivity contribution < 1.29 is 4.42 Å². The Labute approximate surface area is 322 Å². The summed E-state index contributed by atoms with van der Waals surface area (Å²) in [6, 6.07) is 67.7. The summed E-state index contributed by atoms with van der Waals surface area (Å²) < 4.78 is 8.28. The normalized spacial score (nSPS) is 11.6. The second-order valence-corrected chi connectivity index (χ2v) is 14.1. The van der Waals surface area contributed by atoms with Gasteiger partial charge in [0.15, 0.2) is 5.58 Å². The molecule has 262 valence electrons. The molecule has 11 aromatic rings. The molecule has 56 heavy (non-hydrogen) atoms. The van der Waals surface area contributed by atoms with E-state index < -0.39 is 0 Å². The highest BCUT2D eigenvalue weighted by Crippen LogP contribution is 2.35. The monoisotopic (exact) mass is 716 g/mol. The van der Waals surface area contributed by atoms with Gasteiger partial charge in [-0.15, -0.1) is 0 Å². The standard InChI is InChI=1S/C51H32N4O/c1-3-11-38-29-40(23-17-33(38)9-1)42-31-46(52-47(32-42)41-24-18-34-10-2-4-12-39(34)30-41)35-25-27-43(28-26-35)55-48-15-7-5-13-44(48)53-50(55)36-19-21-37(22-20-36)51-54-45-14-6-8-16-49(45)56-51/h1-32H. The highest BCUT2D eigenvalue weighted by Gasteiger charge is 2.17. The van der Waals surface area contributed by atoms with Crippen LogP contribution in [0.3, 0.4) is 0 Å². The fourth-order valence-corrected chi connectivity index (χ4v) is 7.73. The van der Waals surface area contributed by atoms with Crippen molar-refractivity contribution in [1.82, 2.24) is 19.5 Å². The van der Waals surface area contributed by atoms with Crippen LogP contribution < -0.4 is 0 Å². The zero-order valence-electron chi connectivity index (χ0n) is 30.2. The summed E-state index contributed by atoms with van der Waals surface area (Å²) in [6.07, 6.45) is 0. The molecule has 5 nitrogen and oxygen atoms in total. The van der Waals surface area contributed by atoms with E-state index in [0.29, 0.717) is 5.89 Å². The lowest BCUT2D eigenvalue weighted by atomic mass is 9.97. The minimum absolute atomic E-state index is 0.601. The highest BCUT2D eigenvalue weighted by molar-refractivity contribution is 5.91. The number of fused-ring (bicyclic) bond motifs is 4. The molecule has 0 N–H and O–H groups in total. The second-order valence-electron chi connectivity index (χ2n) is 14.1. The van der Waals surface area contributed by atoms with Gasteiger partial charge in [-0.1, -0.05) is 121 Å². The van der Waals surface area contributed by atoms with E-state index in [1.807, 2.05) is 42.5 Å². The SMILES string of the molecule is c1ccc2cc(-c3cc(-c4ccc(-n5c(-c6ccc(-c7nc8ccccc8o7)cc6)nc6ccccc65)cc4)nc(-c4ccc5ccccc5c4)c3)ccc2c1. The Hall–Kier alpha value is -7.63. The lowest BCUT2D eigenvalue weighted by Crippen LogP contribution is -1.98. The quantitative estimate of drug-likeness (QED) is 0.172. The summed E-state index contributed by atoms with van der Waals surface area (Å²) in [5.74, 6) is 1.46. The van der Waals surface area contributed by atoms with E-state index in [2.05, 4.69) is 156 Å². The van der Waals surface area contributed by atoms with Crippen LogP contribution in [-0.4, -0.2) is 19.5 Å². The largest absolute Gasteiger partial charge is 0.436 e. The molecule has 3 heterocycles. The van der Waals surface area contributed by atoms with Crippen molar-refractivity contribution >= 4 is 43.7 Å². The van der Waals surface area contributed by atoms with Crippen molar-refractivity contribution in [1.29, 1.82) is 0 Å². The lowest BCUT2D eigenvalue weighted by molar-refractivity contribution is 0.620. The molecule has 0 amide bonds. The molecular formula is C51H32N4O. The fraction of sp³-hybridized carbons (Fsp3) is 0. The second kappa shape index (κ2) is 13.0. The molecule has 0 bridgehead atoms. The first-order valence-electron chi connectivity index (χ1n) is 18.8. The van der Waals surface area contributed by atoms with E-state index in [0.717, 1.165) is 78.4 Å². The number of aromatic nitrogens is 4. The van der Waals surface area contributed by atoms with Gasteiger partial charge in [-0.2, -0.15) is 0 Å². The van der Waals surface area contributed by atoms with Crippen molar-refractivity contribution in [2.45, 2.75) is 0 Å². The smallest absolute Gasteiger partial charge is 0.227 e. The van der Waals surface area contributed by atoms with Crippen LogP contribution in [0.25, 0.3) is 106 Å². The Morgan fingerprint density at radius 2 is 0.911 bits per heavy atom. The van der Waals surface area contributed by atoms with Crippen molar-refractivity contribution in [3.63, 3.8) is 0 Å². The van der Waals surface area contributed by atoms with E-state index >= 15 is 0 Å². The van der Waals surface area contributed by atoms with Crippen LogP contribution in [0.15, 0.2) is 199 Å². The molecule has 0 saturated carbocycles. The third kappa shape index (κ3) is 5.62. The minimum atomic E-state index is 0.601. The molecule has 0 saturated heterocycles. The summed E-state index contributed by atoms with van der Waals surface area (Å²) in [4.78, 5) is 15.1. The summed E-state index contributed by atoms with van der Waals surface area (Å²) in [6.45, 7) is 0. The maximum Gasteiger partial charge on any atom is 0.227 e. The maximum atomic E-state index is 6.05. The van der Waals surface area contributed by atoms with Crippen LogP contribution in [-0.2, 0) is 0 Å². The molecule has 0 unspecified atom stereocenters. The highest BCUT2D eigenvalue weighted by atomic mass is 16.3. The Balaban J connectivity index is 0.999. The zero-order chi connectivity index (χ0) is 37.0. The Bertz CT molecular complexity index is 3120. The van der Waals surface area contributed by atoms with Crippen molar-refractivity contribution in [2.24, 2.45) is 0 Å². The third-order valence-electron chi connectivity index (χ3n) is 10.6. The molecule has 5 heteroatoms. The molecule has 0 aliphatic rings. The van der Waals surface area contributed by atoms with Crippen molar-refractivity contribution in [2.75, 3.05) is 0 Å². The Morgan fingerprint density at radius 3 is 1.64 bits per heavy atom. The van der Waals surface area contributed by atoms with Gasteiger partial charge in [0, 0.05) is 27.9 Å². The van der Waals surface area contributed by atoms with E-state index in [-0.39, 0.29) is 0 Å². The van der Waals surface area contributed by atoms with Gasteiger partial charge in [0.1, 0.15) is 11.3 Å². The molecule has 0 radical (unpaired) electrons. The average molecular weight is 717 g/mol. The number of imidazole rings is 1. The first-order chi connectivity index (χ1) is 27.7. The van der Waals surface area contributed by atoms with Gasteiger partial charge in [0.05, 0.1) is 22.4 Å². The molecule has 8 aromatic carbocycles. The number of nitrogens with zero attached hydrogens (tertiary/aromatic N) is 4. The van der Waals surface area contributed by atoms with Crippen LogP contribution in [0, 0.1) is 0 Å². The van der Waals surface area contributed by atoms with Crippen LogP contribution in [0.2, 0.25) is 0 Å². The number of rotatable bonds is 6. The average Bonchev–Trinajstić information content (AvgIpc) is 3.89. The number of para-hydroxylation sites is 4. The number of oxazole rings is 1. The van der Waals surface area contributed by atoms with Gasteiger partial charge in [0.2, 0.25) is 5.89 Å². The number of benzene rings is 8. The summed E-state index contributed by atoms with van der Waals surface area (Å²) in [5, 5.41) is 4.84. The van der Waals surface area contributed by atoms with Gasteiger partial charge < -0.3 is 4.42 Å². The maximum absolute atomic E-state index is 6.05. The van der Waals surface area contributed by atoms with Gasteiger partial charge in [-0.3, -0.25) is 4.57 Å². The first kappa shape index (κ1) is 31.9. The Kier molecular flexibility index (Phi) is 7.42. The zero-order valence-corrected chi connectivity index (χ0v) is 30.2. The molecule has 0 spiro atoms. The van der Waals surface area contributed by atoms with Gasteiger partial charge >= 0.3 is 0 Å². The number of hydrogen-bond donors (Lipinski definition) is 0. The lowest BCUT2D eigenvalue weighted by Gasteiger charge is -2.13. The Morgan fingerprint density at radius 1 is 0.357 bits per heavy atom. The van der Waals surface area contributed by atoms with Crippen LogP contribution >= 0.6 is 0 Å². The van der Waals surface area contributed by atoms with E-state index in [1.165, 1.54) is 21.5 Å². The number of pyridine rings is 1. The first-order valence-corrected chi connectivity index (χ1v) is 18.8. The van der Waals surface area contributed by atoms with Crippen molar-refractivity contribution in [3.05, 3.63) is 194 Å². The minimum Gasteiger partial charge on any atom is -0.436 e. The van der Waals surface area contributed by atoms with E-state index in [1.54, 1.807) is 0 Å². The molecule has 0 fully saturated rings. The van der Waals surface area contributed by atoms with Crippen LogP contribution in [0.5, 0.6) is 0 Å². The predicted molar refractivity (Wildman–Crippen MR) is 229 cm³/mol. The molecule has 3 aromatic heterocycles. The van der Waals surface area contributed by atoms with E-state index in [4.69, 9.17) is 19.4 Å². The summed E-state index contributed by atoms with van der Waals surface area (Å²) in [7, 11) is 0.